The predicted molar refractivity (Wildman–Crippen MR) is 115 cm³/mol. The molecule has 1 heterocycles. The van der Waals surface area contributed by atoms with Crippen molar-refractivity contribution >= 4 is 5.91 Å². The van der Waals surface area contributed by atoms with Gasteiger partial charge in [-0.3, -0.25) is 4.79 Å². The lowest BCUT2D eigenvalue weighted by molar-refractivity contribution is 0.0944. The Bertz CT molecular complexity index is 965. The van der Waals surface area contributed by atoms with Gasteiger partial charge in [0.25, 0.3) is 5.91 Å². The summed E-state index contributed by atoms with van der Waals surface area (Å²) in [6.45, 7) is 11.1. The van der Waals surface area contributed by atoms with Crippen LogP contribution in [0.3, 0.4) is 0 Å². The largest absolute Gasteiger partial charge is 0.462 e. The summed E-state index contributed by atoms with van der Waals surface area (Å²) in [7, 11) is 0. The zero-order chi connectivity index (χ0) is 21.0. The standard InChI is InChI=1S/C24H29N3O2/c1-6-16-29-23-25-21(18-10-8-17(7-2)9-11-18)27(26-23)22(28)19-12-14-20(15-13-19)24(3,4)5/h8-15H,6-7,16H2,1-5H3. The van der Waals surface area contributed by atoms with Gasteiger partial charge in [0.15, 0.2) is 5.82 Å². The van der Waals surface area contributed by atoms with Crippen LogP contribution < -0.4 is 4.74 Å². The molecule has 3 rings (SSSR count). The molecule has 3 aromatic rings. The van der Waals surface area contributed by atoms with Gasteiger partial charge in [-0.25, -0.2) is 0 Å². The van der Waals surface area contributed by atoms with E-state index in [1.54, 1.807) is 0 Å². The number of carbonyl (C=O) groups excluding carboxylic acids is 1. The van der Waals surface area contributed by atoms with E-state index in [2.05, 4.69) is 37.8 Å². The van der Waals surface area contributed by atoms with Crippen LogP contribution in [0.5, 0.6) is 6.01 Å². The van der Waals surface area contributed by atoms with Crippen molar-refractivity contribution in [3.8, 4) is 17.4 Å². The van der Waals surface area contributed by atoms with E-state index in [9.17, 15) is 4.79 Å². The summed E-state index contributed by atoms with van der Waals surface area (Å²) < 4.78 is 6.94. The summed E-state index contributed by atoms with van der Waals surface area (Å²) in [5.74, 6) is 0.266. The first-order valence-corrected chi connectivity index (χ1v) is 10.2. The maximum Gasteiger partial charge on any atom is 0.336 e. The number of ether oxygens (including phenoxy) is 1. The number of carbonyl (C=O) groups is 1. The van der Waals surface area contributed by atoms with E-state index in [0.717, 1.165) is 18.4 Å². The average Bonchev–Trinajstić information content (AvgIpc) is 3.15. The first-order chi connectivity index (χ1) is 13.8. The maximum absolute atomic E-state index is 13.2. The quantitative estimate of drug-likeness (QED) is 0.573. The fraction of sp³-hybridized carbons (Fsp3) is 0.375. The number of benzene rings is 2. The Kier molecular flexibility index (Phi) is 6.16. The van der Waals surface area contributed by atoms with Gasteiger partial charge in [0.1, 0.15) is 0 Å². The SMILES string of the molecule is CCCOc1nc(-c2ccc(CC)cc2)n(C(=O)c2ccc(C(C)(C)C)cc2)n1. The van der Waals surface area contributed by atoms with Crippen molar-refractivity contribution in [1.82, 2.24) is 14.8 Å². The molecule has 0 aliphatic carbocycles. The summed E-state index contributed by atoms with van der Waals surface area (Å²) >= 11 is 0. The Morgan fingerprint density at radius 3 is 2.21 bits per heavy atom. The first kappa shape index (κ1) is 20.8. The molecule has 152 valence electrons. The van der Waals surface area contributed by atoms with Crippen LogP contribution in [0.1, 0.15) is 62.5 Å². The molecule has 0 atom stereocenters. The molecule has 0 radical (unpaired) electrons. The third kappa shape index (κ3) is 4.73. The van der Waals surface area contributed by atoms with Crippen LogP contribution in [-0.4, -0.2) is 27.3 Å². The second-order valence-corrected chi connectivity index (χ2v) is 8.16. The number of hydrogen-bond acceptors (Lipinski definition) is 4. The second kappa shape index (κ2) is 8.60. The molecule has 0 spiro atoms. The van der Waals surface area contributed by atoms with Crippen molar-refractivity contribution in [2.45, 2.75) is 52.9 Å². The number of nitrogens with zero attached hydrogens (tertiary/aromatic N) is 3. The Balaban J connectivity index is 1.99. The molecular weight excluding hydrogens is 362 g/mol. The van der Waals surface area contributed by atoms with Gasteiger partial charge in [-0.15, -0.1) is 5.10 Å². The first-order valence-electron chi connectivity index (χ1n) is 10.2. The van der Waals surface area contributed by atoms with Crippen LogP contribution in [0, 0.1) is 0 Å². The Morgan fingerprint density at radius 1 is 1.00 bits per heavy atom. The fourth-order valence-electron chi connectivity index (χ4n) is 3.00. The molecule has 0 N–H and O–H groups in total. The molecule has 0 amide bonds. The van der Waals surface area contributed by atoms with E-state index >= 15 is 0 Å². The lowest BCUT2D eigenvalue weighted by Gasteiger charge is -2.19. The molecule has 0 fully saturated rings. The highest BCUT2D eigenvalue weighted by Gasteiger charge is 2.21. The molecule has 2 aromatic carbocycles. The predicted octanol–water partition coefficient (Wildman–Crippen LogP) is 5.28. The minimum Gasteiger partial charge on any atom is -0.462 e. The van der Waals surface area contributed by atoms with E-state index in [1.807, 2.05) is 55.5 Å². The Labute approximate surface area is 172 Å². The van der Waals surface area contributed by atoms with Gasteiger partial charge >= 0.3 is 6.01 Å². The summed E-state index contributed by atoms with van der Waals surface area (Å²) in [6.07, 6.45) is 1.80. The lowest BCUT2D eigenvalue weighted by Crippen LogP contribution is -2.16. The van der Waals surface area contributed by atoms with Gasteiger partial charge < -0.3 is 4.74 Å². The van der Waals surface area contributed by atoms with Gasteiger partial charge in [0, 0.05) is 11.1 Å². The number of aryl methyl sites for hydroxylation is 1. The molecule has 0 bridgehead atoms. The van der Waals surface area contributed by atoms with Crippen LogP contribution >= 0.6 is 0 Å². The van der Waals surface area contributed by atoms with Crippen molar-refractivity contribution < 1.29 is 9.53 Å². The van der Waals surface area contributed by atoms with Crippen molar-refractivity contribution in [1.29, 1.82) is 0 Å². The monoisotopic (exact) mass is 391 g/mol. The number of aromatic nitrogens is 3. The summed E-state index contributed by atoms with van der Waals surface area (Å²) in [6, 6.07) is 15.9. The van der Waals surface area contributed by atoms with Gasteiger partial charge in [-0.2, -0.15) is 9.67 Å². The van der Waals surface area contributed by atoms with Crippen LogP contribution in [0.4, 0.5) is 0 Å². The third-order valence-corrected chi connectivity index (χ3v) is 4.83. The minimum absolute atomic E-state index is 0.0299. The molecule has 5 nitrogen and oxygen atoms in total. The van der Waals surface area contributed by atoms with Crippen LogP contribution in [-0.2, 0) is 11.8 Å². The molecule has 0 saturated carbocycles. The van der Waals surface area contributed by atoms with E-state index in [1.165, 1.54) is 15.8 Å². The lowest BCUT2D eigenvalue weighted by atomic mass is 9.87. The highest BCUT2D eigenvalue weighted by molar-refractivity contribution is 5.97. The van der Waals surface area contributed by atoms with E-state index in [0.29, 0.717) is 18.0 Å². The number of rotatable bonds is 6. The Hall–Kier alpha value is -2.95. The molecule has 1 aromatic heterocycles. The normalized spacial score (nSPS) is 11.5. The van der Waals surface area contributed by atoms with Crippen molar-refractivity contribution in [2.24, 2.45) is 0 Å². The highest BCUT2D eigenvalue weighted by Crippen LogP contribution is 2.25. The molecule has 29 heavy (non-hydrogen) atoms. The minimum atomic E-state index is -0.223. The average molecular weight is 392 g/mol. The summed E-state index contributed by atoms with van der Waals surface area (Å²) in [5, 5.41) is 4.35. The van der Waals surface area contributed by atoms with Crippen molar-refractivity contribution in [2.75, 3.05) is 6.61 Å². The topological polar surface area (TPSA) is 57.0 Å². The fourth-order valence-corrected chi connectivity index (χ4v) is 3.00. The summed E-state index contributed by atoms with van der Waals surface area (Å²) in [4.78, 5) is 17.7. The maximum atomic E-state index is 13.2. The van der Waals surface area contributed by atoms with E-state index < -0.39 is 0 Å². The van der Waals surface area contributed by atoms with Crippen LogP contribution in [0.15, 0.2) is 48.5 Å². The van der Waals surface area contributed by atoms with E-state index in [4.69, 9.17) is 4.74 Å². The van der Waals surface area contributed by atoms with Crippen LogP contribution in [0.25, 0.3) is 11.4 Å². The van der Waals surface area contributed by atoms with Gasteiger partial charge in [-0.1, -0.05) is 71.0 Å². The third-order valence-electron chi connectivity index (χ3n) is 4.83. The van der Waals surface area contributed by atoms with Gasteiger partial charge in [0.2, 0.25) is 0 Å². The molecule has 0 unspecified atom stereocenters. The van der Waals surface area contributed by atoms with Crippen molar-refractivity contribution in [3.63, 3.8) is 0 Å². The van der Waals surface area contributed by atoms with Crippen LogP contribution in [0.2, 0.25) is 0 Å². The van der Waals surface area contributed by atoms with Crippen molar-refractivity contribution in [3.05, 3.63) is 65.2 Å². The highest BCUT2D eigenvalue weighted by atomic mass is 16.5. The van der Waals surface area contributed by atoms with Gasteiger partial charge in [0.05, 0.1) is 6.61 Å². The summed E-state index contributed by atoms with van der Waals surface area (Å²) in [5.41, 5.74) is 3.83. The second-order valence-electron chi connectivity index (χ2n) is 8.16. The molecular formula is C24H29N3O2. The Morgan fingerprint density at radius 2 is 1.66 bits per heavy atom. The molecule has 5 heteroatoms. The zero-order valence-corrected chi connectivity index (χ0v) is 17.9. The molecule has 0 aliphatic rings. The number of hydrogen-bond donors (Lipinski definition) is 0. The molecule has 0 saturated heterocycles. The van der Waals surface area contributed by atoms with E-state index in [-0.39, 0.29) is 17.3 Å². The van der Waals surface area contributed by atoms with Gasteiger partial charge in [-0.05, 0) is 41.5 Å². The smallest absolute Gasteiger partial charge is 0.336 e. The molecule has 0 aliphatic heterocycles. The zero-order valence-electron chi connectivity index (χ0n) is 17.9.